The summed E-state index contributed by atoms with van der Waals surface area (Å²) >= 11 is 6.60. The number of ketones is 2. The molecule has 9 rings (SSSR count). The zero-order chi connectivity index (χ0) is 68.8. The van der Waals surface area contributed by atoms with Gasteiger partial charge in [0.15, 0.2) is 0 Å². The highest BCUT2D eigenvalue weighted by molar-refractivity contribution is 6.39. The number of aromatic nitrogens is 2. The molecule has 2 saturated heterocycles. The topological polar surface area (TPSA) is 300 Å². The first kappa shape index (κ1) is 73.2. The summed E-state index contributed by atoms with van der Waals surface area (Å²) in [7, 11) is 4.43. The number of carbonyl (C=O) groups is 5. The van der Waals surface area contributed by atoms with E-state index >= 15 is 0 Å². The van der Waals surface area contributed by atoms with Crippen LogP contribution in [0.15, 0.2) is 107 Å². The molecule has 0 unspecified atom stereocenters. The Labute approximate surface area is 564 Å². The number of furan rings is 1. The number of amides is 2. The number of aliphatic hydroxyl groups excluding tert-OH is 3. The number of methoxy groups -OCH3 is 3. The smallest absolute Gasteiger partial charge is 0.329 e. The third kappa shape index (κ3) is 18.6. The first-order valence-corrected chi connectivity index (χ1v) is 33.7. The van der Waals surface area contributed by atoms with Gasteiger partial charge in [-0.2, -0.15) is 0 Å². The maximum absolute atomic E-state index is 14.7. The van der Waals surface area contributed by atoms with Crippen molar-refractivity contribution in [2.24, 2.45) is 23.7 Å². The van der Waals surface area contributed by atoms with Crippen molar-refractivity contribution in [2.45, 2.75) is 185 Å². The van der Waals surface area contributed by atoms with Gasteiger partial charge < -0.3 is 74.1 Å². The van der Waals surface area contributed by atoms with Crippen LogP contribution in [0.4, 0.5) is 15.9 Å². The normalized spacial score (nSPS) is 29.0. The van der Waals surface area contributed by atoms with Gasteiger partial charge in [0.1, 0.15) is 65.9 Å². The number of nitrogens with zero attached hydrogens (tertiary/aromatic N) is 3. The molecule has 3 aromatic carbocycles. The molecule has 1 saturated carbocycles. The summed E-state index contributed by atoms with van der Waals surface area (Å²) in [5.74, 6) is -7.36. The van der Waals surface area contributed by atoms with E-state index in [4.69, 9.17) is 44.4 Å². The molecular formula is C72H92ClFN6O16. The SMILES string of the molecule is CO[C@H]1C/C(C)=C/[C@@H](CCCC(=O)NCCNCc2ccc(-c3ccc4ncnc(Nc5ccc(OCc6cccc(F)c6)c(Cl)c5)c4c3)o2)C(=O)C[C@H](O)[C@@H](C)[C@@H](/C(C)=C/[C@@H]2CC[C@@H](O)[C@H](OC)C2)OC(=O)[C@@H]2CCCCN2C(=O)C(=O)[C@]2(O)O[C@@H]([C@@H](OC)C[C@H]2C)[C@@H](O)C1. The molecule has 0 spiro atoms. The lowest BCUT2D eigenvalue weighted by Gasteiger charge is -2.46. The predicted octanol–water partition coefficient (Wildman–Crippen LogP) is 9.18. The Morgan fingerprint density at radius 3 is 2.44 bits per heavy atom. The van der Waals surface area contributed by atoms with Crippen LogP contribution in [0.5, 0.6) is 5.75 Å². The highest BCUT2D eigenvalue weighted by Crippen LogP contribution is 2.40. The summed E-state index contributed by atoms with van der Waals surface area (Å²) in [5, 5.41) is 57.5. The van der Waals surface area contributed by atoms with Gasteiger partial charge in [-0.25, -0.2) is 19.2 Å². The highest BCUT2D eigenvalue weighted by Gasteiger charge is 2.56. The average Bonchev–Trinajstić information content (AvgIpc) is 0.781. The van der Waals surface area contributed by atoms with Gasteiger partial charge in [0, 0.05) is 94.6 Å². The third-order valence-corrected chi connectivity index (χ3v) is 19.4. The monoisotopic (exact) mass is 1350 g/mol. The molecule has 4 aliphatic rings. The van der Waals surface area contributed by atoms with Gasteiger partial charge in [-0.3, -0.25) is 19.2 Å². The molecule has 14 atom stereocenters. The second kappa shape index (κ2) is 34.0. The van der Waals surface area contributed by atoms with E-state index in [0.717, 1.165) is 15.8 Å². The van der Waals surface area contributed by atoms with Crippen LogP contribution in [0.1, 0.15) is 122 Å². The van der Waals surface area contributed by atoms with Crippen LogP contribution in [-0.4, -0.2) is 166 Å². The van der Waals surface area contributed by atoms with E-state index in [-0.39, 0.29) is 81.5 Å². The molecule has 5 heterocycles. The summed E-state index contributed by atoms with van der Waals surface area (Å²) in [5.41, 5.74) is 4.11. The Balaban J connectivity index is 0.842. The lowest BCUT2D eigenvalue weighted by Crippen LogP contribution is -2.64. The summed E-state index contributed by atoms with van der Waals surface area (Å²) < 4.78 is 55.5. The van der Waals surface area contributed by atoms with E-state index in [9.17, 15) is 48.8 Å². The molecule has 2 bridgehead atoms. The maximum atomic E-state index is 14.7. The zero-order valence-corrected chi connectivity index (χ0v) is 56.4. The number of halogens is 2. The van der Waals surface area contributed by atoms with Gasteiger partial charge in [0.25, 0.3) is 11.7 Å². The minimum atomic E-state index is -2.70. The number of carbonyl (C=O) groups excluding carboxylic acids is 5. The van der Waals surface area contributed by atoms with E-state index in [1.807, 2.05) is 43.3 Å². The second-order valence-electron chi connectivity index (χ2n) is 26.1. The van der Waals surface area contributed by atoms with E-state index < -0.39 is 96.1 Å². The molecule has 24 heteroatoms. The average molecular weight is 1350 g/mol. The van der Waals surface area contributed by atoms with E-state index in [1.165, 1.54) is 39.8 Å². The molecule has 7 N–H and O–H groups in total. The van der Waals surface area contributed by atoms with Crippen molar-refractivity contribution in [3.05, 3.63) is 125 Å². The molecule has 96 heavy (non-hydrogen) atoms. The van der Waals surface area contributed by atoms with E-state index in [0.29, 0.717) is 114 Å². The largest absolute Gasteiger partial charge is 0.487 e. The lowest BCUT2D eigenvalue weighted by molar-refractivity contribution is -0.301. The number of benzene rings is 3. The summed E-state index contributed by atoms with van der Waals surface area (Å²) in [6, 6.07) is 19.6. The number of nitrogens with one attached hydrogen (secondary N) is 3. The van der Waals surface area contributed by atoms with Crippen LogP contribution in [0.25, 0.3) is 22.2 Å². The number of esters is 1. The number of hydrogen-bond acceptors (Lipinski definition) is 20. The van der Waals surface area contributed by atoms with E-state index in [2.05, 4.69) is 25.9 Å². The number of allylic oxidation sites excluding steroid dienone is 2. The number of fused-ring (bicyclic) bond motifs is 4. The predicted molar refractivity (Wildman–Crippen MR) is 356 cm³/mol. The Kier molecular flexibility index (Phi) is 25.9. The Bertz CT molecular complexity index is 3570. The van der Waals surface area contributed by atoms with Crippen LogP contribution in [0.2, 0.25) is 5.02 Å². The molecule has 3 aliphatic heterocycles. The first-order valence-electron chi connectivity index (χ1n) is 33.3. The Morgan fingerprint density at radius 1 is 0.875 bits per heavy atom. The number of aliphatic hydroxyl groups is 4. The standard InChI is InChI=1S/C72H92ClFN6O16/c1-41-28-47(13-11-16-65(85)76-26-25-75-38-51-20-24-61(94-51)48-18-21-55-53(34-48)69(78-40-77-55)79-50-19-23-62(54(73)35-50)93-39-46-12-10-14-49(74)32-46)59(83)37-58(82)44(4)66(42(2)30-45-17-22-57(81)63(33-45)91-6)95-71(88)56-15-8-9-27-80(56)70(87)68(86)72(89)43(3)31-64(92-7)67(96-72)60(84)36-52(29-41)90-5/h10,12,14,18-21,23-24,28,30,32,34-35,40,43-45,47,52,56-58,60,63-64,66-67,75,81-82,84,89H,8-9,11,13,15-17,22,25-27,29,31,33,36-39H2,1-7H3,(H,76,85)(H,77,78,79)/b41-28+,42-30+/t43-,44-,45+,47-,52+,56+,57-,58+,60+,63-,64+,66-,67-,72-/m1/s1. The number of piperidine rings is 1. The second-order valence-corrected chi connectivity index (χ2v) is 26.5. The number of ether oxygens (including phenoxy) is 6. The van der Waals surface area contributed by atoms with Gasteiger partial charge in [0.2, 0.25) is 11.7 Å². The van der Waals surface area contributed by atoms with Gasteiger partial charge in [-0.15, -0.1) is 0 Å². The van der Waals surface area contributed by atoms with Crippen LogP contribution in [0, 0.1) is 29.5 Å². The minimum absolute atomic E-state index is 0.00219. The van der Waals surface area contributed by atoms with Crippen molar-refractivity contribution in [2.75, 3.05) is 46.3 Å². The van der Waals surface area contributed by atoms with Crippen molar-refractivity contribution in [3.63, 3.8) is 0 Å². The number of hydrogen-bond donors (Lipinski definition) is 7. The van der Waals surface area contributed by atoms with Crippen LogP contribution in [0.3, 0.4) is 0 Å². The lowest BCUT2D eigenvalue weighted by atomic mass is 9.81. The third-order valence-electron chi connectivity index (χ3n) is 19.1. The van der Waals surface area contributed by atoms with Gasteiger partial charge in [0.05, 0.1) is 53.7 Å². The molecule has 22 nitrogen and oxygen atoms in total. The van der Waals surface area contributed by atoms with Crippen molar-refractivity contribution in [1.82, 2.24) is 25.5 Å². The number of anilines is 2. The van der Waals surface area contributed by atoms with Crippen molar-refractivity contribution >= 4 is 63.4 Å². The Morgan fingerprint density at radius 2 is 1.68 bits per heavy atom. The van der Waals surface area contributed by atoms with Crippen LogP contribution in [-0.2, 0) is 60.8 Å². The molecule has 520 valence electrons. The molecule has 2 aromatic heterocycles. The number of cyclic esters (lactones) is 1. The number of rotatable bonds is 20. The Hall–Kier alpha value is -7.03. The van der Waals surface area contributed by atoms with Gasteiger partial charge >= 0.3 is 5.97 Å². The molecule has 5 aromatic rings. The quantitative estimate of drug-likeness (QED) is 0.0165. The molecule has 0 radical (unpaired) electrons. The minimum Gasteiger partial charge on any atom is -0.487 e. The van der Waals surface area contributed by atoms with Crippen LogP contribution >= 0.6 is 11.6 Å². The summed E-state index contributed by atoms with van der Waals surface area (Å²) in [6.45, 7) is 8.05. The molecule has 2 amide bonds. The number of Topliss-reactive ketones (excluding diaryl/α,β-unsaturated/α-hetero) is 2. The molecule has 3 fully saturated rings. The van der Waals surface area contributed by atoms with Gasteiger partial charge in [-0.1, -0.05) is 55.3 Å². The van der Waals surface area contributed by atoms with Gasteiger partial charge in [-0.05, 0) is 156 Å². The first-order chi connectivity index (χ1) is 46.0. The summed E-state index contributed by atoms with van der Waals surface area (Å²) in [6.07, 6.45) is 0.625. The van der Waals surface area contributed by atoms with Crippen LogP contribution < -0.4 is 20.7 Å². The maximum Gasteiger partial charge on any atom is 0.329 e. The molecular weight excluding hydrogens is 1260 g/mol. The fourth-order valence-electron chi connectivity index (χ4n) is 13.6. The highest BCUT2D eigenvalue weighted by atomic mass is 35.5. The van der Waals surface area contributed by atoms with E-state index in [1.54, 1.807) is 57.2 Å². The summed E-state index contributed by atoms with van der Waals surface area (Å²) in [4.78, 5) is 81.6. The van der Waals surface area contributed by atoms with Crippen molar-refractivity contribution in [1.29, 1.82) is 0 Å². The van der Waals surface area contributed by atoms with Crippen molar-refractivity contribution in [3.8, 4) is 17.1 Å². The fraction of sp³-hybridized carbons (Fsp3) is 0.542. The zero-order valence-electron chi connectivity index (χ0n) is 55.7. The van der Waals surface area contributed by atoms with Crippen molar-refractivity contribution < 1.29 is 81.6 Å². The fourth-order valence-corrected chi connectivity index (χ4v) is 13.8. The molecule has 1 aliphatic carbocycles.